The zero-order chi connectivity index (χ0) is 13.8. The van der Waals surface area contributed by atoms with Crippen LogP contribution in [0.25, 0.3) is 10.9 Å². The molecule has 0 aromatic carbocycles. The summed E-state index contributed by atoms with van der Waals surface area (Å²) in [5, 5.41) is 3.69. The highest BCUT2D eigenvalue weighted by atomic mass is 16.1. The molecular formula is C15H14N4O. The Bertz CT molecular complexity index is 716. The topological polar surface area (TPSA) is 59.8 Å². The molecule has 0 spiro atoms. The summed E-state index contributed by atoms with van der Waals surface area (Å²) in [7, 11) is 0. The summed E-state index contributed by atoms with van der Waals surface area (Å²) in [4.78, 5) is 20.5. The maximum Gasteiger partial charge on any atom is 0.252 e. The normalized spacial score (nSPS) is 10.6. The van der Waals surface area contributed by atoms with Gasteiger partial charge in [0.15, 0.2) is 0 Å². The highest BCUT2D eigenvalue weighted by Crippen LogP contribution is 2.14. The monoisotopic (exact) mass is 266 g/mol. The molecule has 3 aromatic rings. The van der Waals surface area contributed by atoms with Crippen LogP contribution in [0.2, 0.25) is 0 Å². The quantitative estimate of drug-likeness (QED) is 0.784. The molecule has 20 heavy (non-hydrogen) atoms. The van der Waals surface area contributed by atoms with Crippen molar-refractivity contribution in [2.24, 2.45) is 0 Å². The third-order valence-corrected chi connectivity index (χ3v) is 3.11. The van der Waals surface area contributed by atoms with Crippen molar-refractivity contribution >= 4 is 16.8 Å². The van der Waals surface area contributed by atoms with E-state index in [1.807, 2.05) is 29.1 Å². The average molecular weight is 266 g/mol. The van der Waals surface area contributed by atoms with Gasteiger partial charge in [-0.15, -0.1) is 0 Å². The van der Waals surface area contributed by atoms with Gasteiger partial charge in [-0.05, 0) is 24.3 Å². The molecule has 3 rings (SSSR count). The number of pyridine rings is 2. The smallest absolute Gasteiger partial charge is 0.252 e. The molecule has 0 atom stereocenters. The molecule has 3 aromatic heterocycles. The summed E-state index contributed by atoms with van der Waals surface area (Å²) in [6.45, 7) is 1.33. The van der Waals surface area contributed by atoms with Crippen molar-refractivity contribution in [3.63, 3.8) is 0 Å². The summed E-state index contributed by atoms with van der Waals surface area (Å²) in [6.07, 6.45) is 8.92. The van der Waals surface area contributed by atoms with Gasteiger partial charge in [-0.3, -0.25) is 14.8 Å². The van der Waals surface area contributed by atoms with E-state index in [-0.39, 0.29) is 5.91 Å². The number of carbonyl (C=O) groups excluding carboxylic acids is 1. The number of hydrogen-bond acceptors (Lipinski definition) is 3. The lowest BCUT2D eigenvalue weighted by molar-refractivity contribution is 0.0954. The summed E-state index contributed by atoms with van der Waals surface area (Å²) >= 11 is 0. The second kappa shape index (κ2) is 5.52. The first-order valence-electron chi connectivity index (χ1n) is 6.42. The summed E-state index contributed by atoms with van der Waals surface area (Å²) in [6, 6.07) is 7.44. The Balaban J connectivity index is 1.72. The molecule has 100 valence electrons. The SMILES string of the molecule is O=C(NCCn1cccc1)c1ccnc2ccncc12. The molecule has 0 fully saturated rings. The van der Waals surface area contributed by atoms with Crippen molar-refractivity contribution in [3.8, 4) is 0 Å². The Morgan fingerprint density at radius 2 is 2.05 bits per heavy atom. The molecule has 0 saturated heterocycles. The standard InChI is InChI=1S/C15H14N4O/c20-15(18-7-10-19-8-1-2-9-19)12-3-6-17-14-4-5-16-11-13(12)14/h1-6,8-9,11H,7,10H2,(H,18,20). The van der Waals surface area contributed by atoms with E-state index in [4.69, 9.17) is 0 Å². The van der Waals surface area contributed by atoms with Crippen LogP contribution in [0.5, 0.6) is 0 Å². The van der Waals surface area contributed by atoms with E-state index in [2.05, 4.69) is 15.3 Å². The summed E-state index contributed by atoms with van der Waals surface area (Å²) < 4.78 is 2.02. The van der Waals surface area contributed by atoms with Crippen LogP contribution in [0.15, 0.2) is 55.2 Å². The van der Waals surface area contributed by atoms with E-state index >= 15 is 0 Å². The van der Waals surface area contributed by atoms with Crippen molar-refractivity contribution in [3.05, 3.63) is 60.8 Å². The van der Waals surface area contributed by atoms with Crippen molar-refractivity contribution < 1.29 is 4.79 Å². The van der Waals surface area contributed by atoms with Gasteiger partial charge in [0.1, 0.15) is 0 Å². The third-order valence-electron chi connectivity index (χ3n) is 3.11. The van der Waals surface area contributed by atoms with Crippen LogP contribution in [-0.4, -0.2) is 27.0 Å². The van der Waals surface area contributed by atoms with Crippen LogP contribution in [0.1, 0.15) is 10.4 Å². The Labute approximate surface area is 116 Å². The van der Waals surface area contributed by atoms with Crippen molar-refractivity contribution in [2.45, 2.75) is 6.54 Å². The lowest BCUT2D eigenvalue weighted by Crippen LogP contribution is -2.27. The van der Waals surface area contributed by atoms with Crippen LogP contribution in [0.4, 0.5) is 0 Å². The summed E-state index contributed by atoms with van der Waals surface area (Å²) in [5.41, 5.74) is 1.38. The molecule has 0 unspecified atom stereocenters. The molecule has 0 aliphatic heterocycles. The number of nitrogens with zero attached hydrogens (tertiary/aromatic N) is 3. The Hall–Kier alpha value is -2.69. The Kier molecular flexibility index (Phi) is 3.41. The molecule has 1 amide bonds. The predicted octanol–water partition coefficient (Wildman–Crippen LogP) is 1.86. The van der Waals surface area contributed by atoms with E-state index in [9.17, 15) is 4.79 Å². The largest absolute Gasteiger partial charge is 0.353 e. The van der Waals surface area contributed by atoms with Gasteiger partial charge in [0.25, 0.3) is 5.91 Å². The minimum Gasteiger partial charge on any atom is -0.353 e. The number of aromatic nitrogens is 3. The van der Waals surface area contributed by atoms with Crippen LogP contribution < -0.4 is 5.32 Å². The zero-order valence-corrected chi connectivity index (χ0v) is 10.9. The van der Waals surface area contributed by atoms with E-state index in [0.717, 1.165) is 17.4 Å². The van der Waals surface area contributed by atoms with Crippen molar-refractivity contribution in [1.29, 1.82) is 0 Å². The van der Waals surface area contributed by atoms with Gasteiger partial charge in [0.05, 0.1) is 11.1 Å². The molecular weight excluding hydrogens is 252 g/mol. The molecule has 5 heteroatoms. The maximum absolute atomic E-state index is 12.2. The van der Waals surface area contributed by atoms with E-state index < -0.39 is 0 Å². The second-order valence-electron chi connectivity index (χ2n) is 4.43. The third kappa shape index (κ3) is 2.51. The Morgan fingerprint density at radius 1 is 1.20 bits per heavy atom. The molecule has 0 radical (unpaired) electrons. The first-order chi connectivity index (χ1) is 9.84. The molecule has 0 bridgehead atoms. The first kappa shape index (κ1) is 12.3. The fourth-order valence-corrected chi connectivity index (χ4v) is 2.10. The number of nitrogens with one attached hydrogen (secondary N) is 1. The van der Waals surface area contributed by atoms with E-state index in [0.29, 0.717) is 12.1 Å². The minimum atomic E-state index is -0.0995. The van der Waals surface area contributed by atoms with Crippen LogP contribution in [0.3, 0.4) is 0 Å². The summed E-state index contributed by atoms with van der Waals surface area (Å²) in [5.74, 6) is -0.0995. The minimum absolute atomic E-state index is 0.0995. The van der Waals surface area contributed by atoms with Crippen molar-refractivity contribution in [1.82, 2.24) is 19.9 Å². The molecule has 0 aliphatic carbocycles. The molecule has 0 aliphatic rings. The molecule has 3 heterocycles. The van der Waals surface area contributed by atoms with Gasteiger partial charge in [-0.25, -0.2) is 0 Å². The van der Waals surface area contributed by atoms with Gasteiger partial charge in [0, 0.05) is 49.5 Å². The number of rotatable bonds is 4. The van der Waals surface area contributed by atoms with Crippen LogP contribution in [0, 0.1) is 0 Å². The lowest BCUT2D eigenvalue weighted by atomic mass is 10.1. The van der Waals surface area contributed by atoms with Gasteiger partial charge < -0.3 is 9.88 Å². The van der Waals surface area contributed by atoms with Gasteiger partial charge >= 0.3 is 0 Å². The number of hydrogen-bond donors (Lipinski definition) is 1. The molecule has 0 saturated carbocycles. The number of carbonyl (C=O) groups is 1. The van der Waals surface area contributed by atoms with Gasteiger partial charge in [0.2, 0.25) is 0 Å². The lowest BCUT2D eigenvalue weighted by Gasteiger charge is -2.08. The van der Waals surface area contributed by atoms with Crippen molar-refractivity contribution in [2.75, 3.05) is 6.54 Å². The van der Waals surface area contributed by atoms with Gasteiger partial charge in [-0.1, -0.05) is 0 Å². The fraction of sp³-hybridized carbons (Fsp3) is 0.133. The fourth-order valence-electron chi connectivity index (χ4n) is 2.10. The second-order valence-corrected chi connectivity index (χ2v) is 4.43. The van der Waals surface area contributed by atoms with Crippen LogP contribution >= 0.6 is 0 Å². The average Bonchev–Trinajstić information content (AvgIpc) is 3.00. The molecule has 5 nitrogen and oxygen atoms in total. The predicted molar refractivity (Wildman–Crippen MR) is 76.3 cm³/mol. The first-order valence-corrected chi connectivity index (χ1v) is 6.42. The highest BCUT2D eigenvalue weighted by molar-refractivity contribution is 6.05. The zero-order valence-electron chi connectivity index (χ0n) is 10.9. The maximum atomic E-state index is 12.2. The Morgan fingerprint density at radius 3 is 2.90 bits per heavy atom. The van der Waals surface area contributed by atoms with Gasteiger partial charge in [-0.2, -0.15) is 0 Å². The number of fused-ring (bicyclic) bond motifs is 1. The van der Waals surface area contributed by atoms with E-state index in [1.165, 1.54) is 0 Å². The molecule has 1 N–H and O–H groups in total. The van der Waals surface area contributed by atoms with E-state index in [1.54, 1.807) is 30.7 Å². The highest BCUT2D eigenvalue weighted by Gasteiger charge is 2.09. The number of amides is 1. The van der Waals surface area contributed by atoms with Crippen LogP contribution in [-0.2, 0) is 6.54 Å².